The van der Waals surface area contributed by atoms with E-state index in [1.54, 1.807) is 24.3 Å². The van der Waals surface area contributed by atoms with Gasteiger partial charge >= 0.3 is 5.97 Å². The Morgan fingerprint density at radius 1 is 0.958 bits per heavy atom. The van der Waals surface area contributed by atoms with Crippen LogP contribution in [0.2, 0.25) is 0 Å². The molecule has 0 fully saturated rings. The lowest BCUT2D eigenvalue weighted by Gasteiger charge is -2.06. The second kappa shape index (κ2) is 7.82. The van der Waals surface area contributed by atoms with Gasteiger partial charge < -0.3 is 10.1 Å². The molecule has 0 aliphatic carbocycles. The minimum absolute atomic E-state index is 0.205. The molecule has 122 valence electrons. The number of hydrogen-bond donors (Lipinski definition) is 1. The summed E-state index contributed by atoms with van der Waals surface area (Å²) in [6.07, 6.45) is 0.670. The SMILES string of the molecule is CC(=O)Nc1ccc(C(=O)COC(=O)c2ccc(C=O)cc2)cc1. The van der Waals surface area contributed by atoms with E-state index in [2.05, 4.69) is 5.32 Å². The Labute approximate surface area is 138 Å². The molecule has 0 aromatic heterocycles. The molecule has 0 radical (unpaired) electrons. The molecule has 0 atom stereocenters. The number of hydrogen-bond acceptors (Lipinski definition) is 5. The van der Waals surface area contributed by atoms with Crippen LogP contribution >= 0.6 is 0 Å². The van der Waals surface area contributed by atoms with Gasteiger partial charge in [-0.2, -0.15) is 0 Å². The minimum Gasteiger partial charge on any atom is -0.454 e. The molecule has 6 nitrogen and oxygen atoms in total. The maximum Gasteiger partial charge on any atom is 0.338 e. The number of benzene rings is 2. The van der Waals surface area contributed by atoms with Gasteiger partial charge in [0.1, 0.15) is 6.29 Å². The lowest BCUT2D eigenvalue weighted by atomic mass is 10.1. The Balaban J connectivity index is 1.93. The second-order valence-corrected chi connectivity index (χ2v) is 5.00. The molecule has 0 saturated heterocycles. The maximum atomic E-state index is 12.0. The Bertz CT molecular complexity index is 763. The second-order valence-electron chi connectivity index (χ2n) is 5.00. The Kier molecular flexibility index (Phi) is 5.57. The fourth-order valence-electron chi connectivity index (χ4n) is 1.94. The number of Topliss-reactive ketones (excluding diaryl/α,β-unsaturated/α-hetero) is 1. The van der Waals surface area contributed by atoms with E-state index in [0.29, 0.717) is 23.1 Å². The Morgan fingerprint density at radius 2 is 1.54 bits per heavy atom. The first-order chi connectivity index (χ1) is 11.5. The standard InChI is InChI=1S/C18H15NO5/c1-12(21)19-16-8-6-14(7-9-16)17(22)11-24-18(23)15-4-2-13(10-20)3-5-15/h2-10H,11H2,1H3,(H,19,21). The summed E-state index contributed by atoms with van der Waals surface area (Å²) in [6.45, 7) is 0.994. The van der Waals surface area contributed by atoms with Gasteiger partial charge in [0.05, 0.1) is 5.56 Å². The summed E-state index contributed by atoms with van der Waals surface area (Å²) in [5, 5.41) is 2.59. The number of esters is 1. The van der Waals surface area contributed by atoms with Crippen LogP contribution in [0.15, 0.2) is 48.5 Å². The highest BCUT2D eigenvalue weighted by Gasteiger charge is 2.12. The van der Waals surface area contributed by atoms with Gasteiger partial charge in [-0.05, 0) is 36.4 Å². The number of carbonyl (C=O) groups excluding carboxylic acids is 4. The van der Waals surface area contributed by atoms with Crippen molar-refractivity contribution >= 4 is 29.6 Å². The molecule has 1 amide bonds. The molecule has 6 heteroatoms. The van der Waals surface area contributed by atoms with E-state index in [1.165, 1.54) is 31.2 Å². The van der Waals surface area contributed by atoms with Crippen molar-refractivity contribution in [2.75, 3.05) is 11.9 Å². The van der Waals surface area contributed by atoms with Crippen LogP contribution in [-0.2, 0) is 9.53 Å². The van der Waals surface area contributed by atoms with Crippen LogP contribution in [0.5, 0.6) is 0 Å². The lowest BCUT2D eigenvalue weighted by molar-refractivity contribution is -0.114. The van der Waals surface area contributed by atoms with Crippen LogP contribution < -0.4 is 5.32 Å². The van der Waals surface area contributed by atoms with Crippen LogP contribution in [0.1, 0.15) is 38.0 Å². The van der Waals surface area contributed by atoms with Gasteiger partial charge in [-0.15, -0.1) is 0 Å². The van der Waals surface area contributed by atoms with Gasteiger partial charge in [-0.1, -0.05) is 12.1 Å². The third-order valence-electron chi connectivity index (χ3n) is 3.14. The Hall–Kier alpha value is -3.28. The van der Waals surface area contributed by atoms with Crippen LogP contribution in [-0.4, -0.2) is 30.6 Å². The molecule has 2 aromatic rings. The average molecular weight is 325 g/mol. The third kappa shape index (κ3) is 4.61. The van der Waals surface area contributed by atoms with E-state index in [0.717, 1.165) is 0 Å². The molecule has 0 unspecified atom stereocenters. The summed E-state index contributed by atoms with van der Waals surface area (Å²) >= 11 is 0. The fraction of sp³-hybridized carbons (Fsp3) is 0.111. The highest BCUT2D eigenvalue weighted by molar-refractivity contribution is 6.00. The molecular weight excluding hydrogens is 310 g/mol. The van der Waals surface area contributed by atoms with E-state index in [1.807, 2.05) is 0 Å². The molecule has 2 rings (SSSR count). The monoisotopic (exact) mass is 325 g/mol. The normalized spacial score (nSPS) is 9.88. The predicted octanol–water partition coefficient (Wildman–Crippen LogP) is 2.50. The van der Waals surface area contributed by atoms with Gasteiger partial charge in [-0.3, -0.25) is 14.4 Å². The molecule has 24 heavy (non-hydrogen) atoms. The van der Waals surface area contributed by atoms with Crippen LogP contribution in [0, 0.1) is 0 Å². The van der Waals surface area contributed by atoms with Crippen molar-refractivity contribution in [3.63, 3.8) is 0 Å². The number of rotatable bonds is 6. The number of carbonyl (C=O) groups is 4. The van der Waals surface area contributed by atoms with Gasteiger partial charge in [0.25, 0.3) is 0 Å². The Morgan fingerprint density at radius 3 is 2.08 bits per heavy atom. The van der Waals surface area contributed by atoms with Crippen molar-refractivity contribution in [1.29, 1.82) is 0 Å². The van der Waals surface area contributed by atoms with Crippen LogP contribution in [0.25, 0.3) is 0 Å². The van der Waals surface area contributed by atoms with E-state index >= 15 is 0 Å². The van der Waals surface area contributed by atoms with E-state index < -0.39 is 12.6 Å². The van der Waals surface area contributed by atoms with E-state index in [-0.39, 0.29) is 17.3 Å². The molecule has 1 N–H and O–H groups in total. The van der Waals surface area contributed by atoms with E-state index in [4.69, 9.17) is 4.74 Å². The van der Waals surface area contributed by atoms with Crippen LogP contribution in [0.4, 0.5) is 5.69 Å². The van der Waals surface area contributed by atoms with Crippen molar-refractivity contribution in [3.05, 3.63) is 65.2 Å². The number of nitrogens with one attached hydrogen (secondary N) is 1. The molecule has 0 heterocycles. The number of amides is 1. The van der Waals surface area contributed by atoms with Crippen LogP contribution in [0.3, 0.4) is 0 Å². The minimum atomic E-state index is -0.643. The molecule has 2 aromatic carbocycles. The smallest absolute Gasteiger partial charge is 0.338 e. The van der Waals surface area contributed by atoms with Gasteiger partial charge in [0.15, 0.2) is 12.4 Å². The summed E-state index contributed by atoms with van der Waals surface area (Å²) in [6, 6.07) is 12.2. The number of aldehydes is 1. The topological polar surface area (TPSA) is 89.5 Å². The number of anilines is 1. The zero-order valence-corrected chi connectivity index (χ0v) is 12.9. The number of ether oxygens (including phenoxy) is 1. The molecule has 0 aliphatic rings. The molecular formula is C18H15NO5. The molecule has 0 saturated carbocycles. The highest BCUT2D eigenvalue weighted by atomic mass is 16.5. The first-order valence-electron chi connectivity index (χ1n) is 7.13. The molecule has 0 spiro atoms. The van der Waals surface area contributed by atoms with Gasteiger partial charge in [0.2, 0.25) is 5.91 Å². The van der Waals surface area contributed by atoms with Crippen molar-refractivity contribution in [1.82, 2.24) is 0 Å². The zero-order valence-electron chi connectivity index (χ0n) is 12.9. The molecule has 0 bridgehead atoms. The van der Waals surface area contributed by atoms with Crippen molar-refractivity contribution in [2.45, 2.75) is 6.92 Å². The summed E-state index contributed by atoms with van der Waals surface area (Å²) in [4.78, 5) is 45.3. The molecule has 0 aliphatic heterocycles. The van der Waals surface area contributed by atoms with Gasteiger partial charge in [0, 0.05) is 23.7 Å². The first-order valence-corrected chi connectivity index (χ1v) is 7.13. The average Bonchev–Trinajstić information content (AvgIpc) is 2.59. The van der Waals surface area contributed by atoms with Gasteiger partial charge in [-0.25, -0.2) is 4.79 Å². The summed E-state index contributed by atoms with van der Waals surface area (Å²) in [5.41, 5.74) is 1.65. The lowest BCUT2D eigenvalue weighted by Crippen LogP contribution is -2.14. The van der Waals surface area contributed by atoms with Crippen molar-refractivity contribution < 1.29 is 23.9 Å². The summed E-state index contributed by atoms with van der Waals surface area (Å²) in [7, 11) is 0. The third-order valence-corrected chi connectivity index (χ3v) is 3.14. The quantitative estimate of drug-likeness (QED) is 0.501. The van der Waals surface area contributed by atoms with E-state index in [9.17, 15) is 19.2 Å². The summed E-state index contributed by atoms with van der Waals surface area (Å²) in [5.74, 6) is -1.21. The highest BCUT2D eigenvalue weighted by Crippen LogP contribution is 2.11. The maximum absolute atomic E-state index is 12.0. The zero-order chi connectivity index (χ0) is 17.5. The van der Waals surface area contributed by atoms with Crippen molar-refractivity contribution in [2.24, 2.45) is 0 Å². The summed E-state index contributed by atoms with van der Waals surface area (Å²) < 4.78 is 4.97. The number of ketones is 1. The van der Waals surface area contributed by atoms with Crippen molar-refractivity contribution in [3.8, 4) is 0 Å². The first kappa shape index (κ1) is 17.1. The largest absolute Gasteiger partial charge is 0.454 e. The fourth-order valence-corrected chi connectivity index (χ4v) is 1.94. The predicted molar refractivity (Wildman–Crippen MR) is 87.2 cm³/mol.